The molecule has 0 unspecified atom stereocenters. The average Bonchev–Trinajstić information content (AvgIpc) is 2.83. The molecule has 0 aliphatic heterocycles. The zero-order chi connectivity index (χ0) is 14.1. The van der Waals surface area contributed by atoms with Crippen molar-refractivity contribution in [2.24, 2.45) is 0 Å². The minimum absolute atomic E-state index is 0.548. The van der Waals surface area contributed by atoms with Crippen LogP contribution in [0.3, 0.4) is 0 Å². The molecule has 20 heavy (non-hydrogen) atoms. The number of fused-ring (bicyclic) bond motifs is 1. The highest BCUT2D eigenvalue weighted by molar-refractivity contribution is 7.21. The zero-order valence-corrected chi connectivity index (χ0v) is 12.6. The summed E-state index contributed by atoms with van der Waals surface area (Å²) >= 11 is 7.43. The topological polar surface area (TPSA) is 47.9 Å². The van der Waals surface area contributed by atoms with Crippen LogP contribution in [0.25, 0.3) is 20.9 Å². The SMILES string of the molecule is CCOc1nc(C)nc2sc(-c3ccc(Cl)cc3)nc12. The molecule has 0 spiro atoms. The fourth-order valence-electron chi connectivity index (χ4n) is 1.85. The number of halogens is 1. The van der Waals surface area contributed by atoms with Crippen molar-refractivity contribution in [3.8, 4) is 16.5 Å². The van der Waals surface area contributed by atoms with Gasteiger partial charge < -0.3 is 4.74 Å². The van der Waals surface area contributed by atoms with Gasteiger partial charge in [-0.2, -0.15) is 4.98 Å². The number of thiazole rings is 1. The van der Waals surface area contributed by atoms with Gasteiger partial charge in [0, 0.05) is 10.6 Å². The summed E-state index contributed by atoms with van der Waals surface area (Å²) in [6.07, 6.45) is 0. The Labute approximate surface area is 125 Å². The van der Waals surface area contributed by atoms with E-state index in [2.05, 4.69) is 15.0 Å². The van der Waals surface area contributed by atoms with Crippen LogP contribution in [0, 0.1) is 6.92 Å². The zero-order valence-electron chi connectivity index (χ0n) is 11.1. The van der Waals surface area contributed by atoms with Crippen molar-refractivity contribution in [1.82, 2.24) is 15.0 Å². The highest BCUT2D eigenvalue weighted by atomic mass is 35.5. The van der Waals surface area contributed by atoms with Crippen LogP contribution in [0.2, 0.25) is 5.02 Å². The van der Waals surface area contributed by atoms with E-state index in [0.717, 1.165) is 15.4 Å². The smallest absolute Gasteiger partial charge is 0.244 e. The summed E-state index contributed by atoms with van der Waals surface area (Å²) in [4.78, 5) is 14.2. The van der Waals surface area contributed by atoms with Gasteiger partial charge in [0.1, 0.15) is 10.8 Å². The molecule has 0 bridgehead atoms. The third-order valence-corrected chi connectivity index (χ3v) is 3.96. The Kier molecular flexibility index (Phi) is 3.54. The maximum absolute atomic E-state index is 5.91. The van der Waals surface area contributed by atoms with Crippen LogP contribution in [-0.2, 0) is 0 Å². The molecule has 0 aliphatic rings. The number of ether oxygens (including phenoxy) is 1. The summed E-state index contributed by atoms with van der Waals surface area (Å²) in [6.45, 7) is 4.33. The van der Waals surface area contributed by atoms with Crippen LogP contribution < -0.4 is 4.74 Å². The molecular weight excluding hydrogens is 294 g/mol. The fraction of sp³-hybridized carbons (Fsp3) is 0.214. The van der Waals surface area contributed by atoms with E-state index in [1.165, 1.54) is 11.3 Å². The second-order valence-electron chi connectivity index (χ2n) is 4.19. The molecule has 0 saturated carbocycles. The first kappa shape index (κ1) is 13.3. The van der Waals surface area contributed by atoms with Gasteiger partial charge in [0.25, 0.3) is 0 Å². The molecule has 0 N–H and O–H groups in total. The molecule has 4 nitrogen and oxygen atoms in total. The maximum Gasteiger partial charge on any atom is 0.244 e. The van der Waals surface area contributed by atoms with Gasteiger partial charge in [-0.25, -0.2) is 9.97 Å². The Hall–Kier alpha value is -1.72. The third kappa shape index (κ3) is 2.46. The molecule has 6 heteroatoms. The number of benzene rings is 1. The normalized spacial score (nSPS) is 10.9. The molecule has 3 rings (SSSR count). The molecule has 0 amide bonds. The monoisotopic (exact) mass is 305 g/mol. The second-order valence-corrected chi connectivity index (χ2v) is 5.60. The molecule has 0 aliphatic carbocycles. The Bertz CT molecular complexity index is 755. The Morgan fingerprint density at radius 2 is 1.90 bits per heavy atom. The molecule has 1 aromatic carbocycles. The van der Waals surface area contributed by atoms with Gasteiger partial charge in [-0.05, 0) is 26.0 Å². The predicted octanol–water partition coefficient (Wildman–Crippen LogP) is 4.11. The standard InChI is InChI=1S/C14H12ClN3OS/c1-3-19-12-11-14(17-8(2)16-12)20-13(18-11)9-4-6-10(15)7-5-9/h4-7H,3H2,1-2H3. The van der Waals surface area contributed by atoms with Crippen LogP contribution in [0.1, 0.15) is 12.7 Å². The largest absolute Gasteiger partial charge is 0.476 e. The summed E-state index contributed by atoms with van der Waals surface area (Å²) in [6, 6.07) is 7.59. The first-order chi connectivity index (χ1) is 9.67. The molecule has 2 heterocycles. The van der Waals surface area contributed by atoms with Crippen molar-refractivity contribution in [2.45, 2.75) is 13.8 Å². The average molecular weight is 306 g/mol. The molecule has 2 aromatic heterocycles. The number of nitrogens with zero attached hydrogens (tertiary/aromatic N) is 3. The second kappa shape index (κ2) is 5.34. The quantitative estimate of drug-likeness (QED) is 0.730. The number of hydrogen-bond acceptors (Lipinski definition) is 5. The van der Waals surface area contributed by atoms with Gasteiger partial charge >= 0.3 is 0 Å². The molecular formula is C14H12ClN3OS. The Balaban J connectivity index is 2.14. The van der Waals surface area contributed by atoms with Gasteiger partial charge in [0.05, 0.1) is 6.61 Å². The van der Waals surface area contributed by atoms with E-state index in [1.807, 2.05) is 38.1 Å². The summed E-state index contributed by atoms with van der Waals surface area (Å²) in [7, 11) is 0. The van der Waals surface area contributed by atoms with Gasteiger partial charge in [-0.15, -0.1) is 0 Å². The van der Waals surface area contributed by atoms with E-state index in [0.29, 0.717) is 28.9 Å². The molecule has 102 valence electrons. The first-order valence-corrected chi connectivity index (χ1v) is 7.40. The third-order valence-electron chi connectivity index (χ3n) is 2.71. The van der Waals surface area contributed by atoms with Crippen LogP contribution in [0.15, 0.2) is 24.3 Å². The molecule has 0 radical (unpaired) electrons. The Morgan fingerprint density at radius 1 is 1.15 bits per heavy atom. The summed E-state index contributed by atoms with van der Waals surface area (Å²) in [5.74, 6) is 1.23. The van der Waals surface area contributed by atoms with E-state index >= 15 is 0 Å². The number of rotatable bonds is 3. The minimum Gasteiger partial charge on any atom is -0.476 e. The van der Waals surface area contributed by atoms with E-state index in [-0.39, 0.29) is 0 Å². The van der Waals surface area contributed by atoms with E-state index in [4.69, 9.17) is 16.3 Å². The molecule has 0 fully saturated rings. The van der Waals surface area contributed by atoms with Gasteiger partial charge in [-0.1, -0.05) is 35.1 Å². The van der Waals surface area contributed by atoms with E-state index < -0.39 is 0 Å². The van der Waals surface area contributed by atoms with Crippen LogP contribution in [-0.4, -0.2) is 21.6 Å². The lowest BCUT2D eigenvalue weighted by Crippen LogP contribution is -1.98. The lowest BCUT2D eigenvalue weighted by Gasteiger charge is -2.02. The van der Waals surface area contributed by atoms with Crippen LogP contribution in [0.4, 0.5) is 0 Å². The van der Waals surface area contributed by atoms with Crippen molar-refractivity contribution in [1.29, 1.82) is 0 Å². The highest BCUT2D eigenvalue weighted by Gasteiger charge is 2.14. The van der Waals surface area contributed by atoms with Crippen molar-refractivity contribution < 1.29 is 4.74 Å². The number of hydrogen-bond donors (Lipinski definition) is 0. The summed E-state index contributed by atoms with van der Waals surface area (Å²) < 4.78 is 5.54. The van der Waals surface area contributed by atoms with E-state index in [9.17, 15) is 0 Å². The summed E-state index contributed by atoms with van der Waals surface area (Å²) in [5, 5.41) is 1.60. The lowest BCUT2D eigenvalue weighted by atomic mass is 10.2. The lowest BCUT2D eigenvalue weighted by molar-refractivity contribution is 0.329. The summed E-state index contributed by atoms with van der Waals surface area (Å²) in [5.41, 5.74) is 1.73. The maximum atomic E-state index is 5.91. The Morgan fingerprint density at radius 3 is 2.60 bits per heavy atom. The van der Waals surface area contributed by atoms with Crippen molar-refractivity contribution >= 4 is 33.3 Å². The van der Waals surface area contributed by atoms with Crippen molar-refractivity contribution in [2.75, 3.05) is 6.61 Å². The fourth-order valence-corrected chi connectivity index (χ4v) is 2.96. The van der Waals surface area contributed by atoms with Crippen LogP contribution >= 0.6 is 22.9 Å². The number of aromatic nitrogens is 3. The van der Waals surface area contributed by atoms with E-state index in [1.54, 1.807) is 0 Å². The highest BCUT2D eigenvalue weighted by Crippen LogP contribution is 2.33. The molecule has 3 aromatic rings. The van der Waals surface area contributed by atoms with Gasteiger partial charge in [0.15, 0.2) is 10.3 Å². The van der Waals surface area contributed by atoms with Gasteiger partial charge in [-0.3, -0.25) is 0 Å². The molecule has 0 saturated heterocycles. The first-order valence-electron chi connectivity index (χ1n) is 6.21. The number of aryl methyl sites for hydroxylation is 1. The minimum atomic E-state index is 0.548. The van der Waals surface area contributed by atoms with Gasteiger partial charge in [0.2, 0.25) is 5.88 Å². The van der Waals surface area contributed by atoms with Crippen LogP contribution in [0.5, 0.6) is 5.88 Å². The predicted molar refractivity (Wildman–Crippen MR) is 81.6 cm³/mol. The van der Waals surface area contributed by atoms with Crippen molar-refractivity contribution in [3.05, 3.63) is 35.1 Å². The van der Waals surface area contributed by atoms with Crippen molar-refractivity contribution in [3.63, 3.8) is 0 Å². The molecule has 0 atom stereocenters.